The van der Waals surface area contributed by atoms with E-state index in [4.69, 9.17) is 21.1 Å². The largest absolute Gasteiger partial charge is 0.425 e. The monoisotopic (exact) mass is 365 g/mol. The first-order chi connectivity index (χ1) is 11.8. The van der Waals surface area contributed by atoms with Gasteiger partial charge in [-0.2, -0.15) is 0 Å². The second-order valence-electron chi connectivity index (χ2n) is 7.21. The van der Waals surface area contributed by atoms with E-state index < -0.39 is 12.3 Å². The van der Waals surface area contributed by atoms with E-state index >= 15 is 0 Å². The number of aliphatic hydroxyl groups is 1. The van der Waals surface area contributed by atoms with Gasteiger partial charge in [0.05, 0.1) is 11.6 Å². The molecule has 0 aliphatic carbocycles. The van der Waals surface area contributed by atoms with Crippen LogP contribution >= 0.6 is 11.6 Å². The number of carbonyl (C=O) groups excluding carboxylic acids is 1. The summed E-state index contributed by atoms with van der Waals surface area (Å²) in [4.78, 5) is 13.9. The average Bonchev–Trinajstić information content (AvgIpc) is 2.81. The molecular formula is C19H24ClNO4. The third-order valence-corrected chi connectivity index (χ3v) is 5.25. The molecule has 2 heterocycles. The maximum atomic E-state index is 11.8. The molecule has 0 bridgehead atoms. The number of esters is 1. The third kappa shape index (κ3) is 3.68. The minimum absolute atomic E-state index is 0.0421. The zero-order chi connectivity index (χ0) is 18.2. The molecule has 0 saturated carbocycles. The fourth-order valence-electron chi connectivity index (χ4n) is 3.71. The Kier molecular flexibility index (Phi) is 5.09. The number of aliphatic hydroxyl groups excluding tert-OH is 1. The van der Waals surface area contributed by atoms with Crippen LogP contribution in [0.5, 0.6) is 0 Å². The van der Waals surface area contributed by atoms with Gasteiger partial charge in [0.25, 0.3) is 0 Å². The Hall–Kier alpha value is -1.56. The van der Waals surface area contributed by atoms with Crippen LogP contribution in [0.1, 0.15) is 45.2 Å². The summed E-state index contributed by atoms with van der Waals surface area (Å²) < 4.78 is 10.8. The quantitative estimate of drug-likeness (QED) is 0.829. The van der Waals surface area contributed by atoms with Crippen LogP contribution in [-0.4, -0.2) is 40.5 Å². The van der Waals surface area contributed by atoms with Crippen LogP contribution in [0.15, 0.2) is 41.1 Å². The molecule has 0 amide bonds. The Morgan fingerprint density at radius 2 is 2.00 bits per heavy atom. The van der Waals surface area contributed by atoms with Crippen molar-refractivity contribution >= 4 is 17.6 Å². The van der Waals surface area contributed by atoms with Gasteiger partial charge in [-0.1, -0.05) is 41.9 Å². The maximum Gasteiger partial charge on any atom is 0.354 e. The molecular weight excluding hydrogens is 342 g/mol. The predicted octanol–water partition coefficient (Wildman–Crippen LogP) is 3.33. The topological polar surface area (TPSA) is 59.0 Å². The van der Waals surface area contributed by atoms with Gasteiger partial charge in [0, 0.05) is 12.6 Å². The molecule has 1 aromatic rings. The van der Waals surface area contributed by atoms with Gasteiger partial charge in [0.1, 0.15) is 5.70 Å². The number of ether oxygens (including phenoxy) is 2. The van der Waals surface area contributed by atoms with Crippen molar-refractivity contribution in [2.24, 2.45) is 0 Å². The lowest BCUT2D eigenvalue weighted by Gasteiger charge is -2.45. The van der Waals surface area contributed by atoms with Gasteiger partial charge < -0.3 is 19.5 Å². The molecule has 3 atom stereocenters. The van der Waals surface area contributed by atoms with Crippen molar-refractivity contribution in [3.8, 4) is 0 Å². The Bertz CT molecular complexity index is 673. The van der Waals surface area contributed by atoms with Gasteiger partial charge in [0.2, 0.25) is 6.29 Å². The number of halogens is 1. The second-order valence-corrected chi connectivity index (χ2v) is 7.58. The van der Waals surface area contributed by atoms with Crippen molar-refractivity contribution in [3.63, 3.8) is 0 Å². The lowest BCUT2D eigenvalue weighted by Crippen LogP contribution is -2.48. The molecule has 25 heavy (non-hydrogen) atoms. The van der Waals surface area contributed by atoms with E-state index in [-0.39, 0.29) is 22.7 Å². The van der Waals surface area contributed by atoms with Crippen molar-refractivity contribution in [3.05, 3.63) is 46.6 Å². The van der Waals surface area contributed by atoms with Crippen molar-refractivity contribution in [2.75, 3.05) is 6.61 Å². The molecule has 2 aliphatic heterocycles. The number of hydrogen-bond donors (Lipinski definition) is 1. The van der Waals surface area contributed by atoms with Crippen molar-refractivity contribution in [2.45, 2.75) is 57.6 Å². The highest BCUT2D eigenvalue weighted by molar-refractivity contribution is 6.42. The van der Waals surface area contributed by atoms with E-state index in [1.807, 2.05) is 56.0 Å². The molecule has 1 saturated heterocycles. The first-order valence-corrected chi connectivity index (χ1v) is 8.94. The van der Waals surface area contributed by atoms with Crippen LogP contribution in [0.3, 0.4) is 0 Å². The molecule has 1 N–H and O–H groups in total. The van der Waals surface area contributed by atoms with Gasteiger partial charge in [-0.15, -0.1) is 0 Å². The lowest BCUT2D eigenvalue weighted by atomic mass is 9.90. The van der Waals surface area contributed by atoms with E-state index in [0.29, 0.717) is 12.3 Å². The first-order valence-electron chi connectivity index (χ1n) is 8.56. The summed E-state index contributed by atoms with van der Waals surface area (Å²) in [6.07, 6.45) is 0.214. The van der Waals surface area contributed by atoms with Gasteiger partial charge in [0.15, 0.2) is 5.03 Å². The number of rotatable bonds is 4. The molecule has 6 heteroatoms. The lowest BCUT2D eigenvalue weighted by molar-refractivity contribution is -0.154. The van der Waals surface area contributed by atoms with Gasteiger partial charge in [-0.25, -0.2) is 4.79 Å². The minimum atomic E-state index is -1.34. The van der Waals surface area contributed by atoms with Crippen molar-refractivity contribution in [1.82, 2.24) is 4.90 Å². The summed E-state index contributed by atoms with van der Waals surface area (Å²) in [7, 11) is 0. The molecule has 1 aromatic carbocycles. The Morgan fingerprint density at radius 1 is 1.32 bits per heavy atom. The number of benzene rings is 1. The highest BCUT2D eigenvalue weighted by Gasteiger charge is 2.42. The number of hydrogen-bond acceptors (Lipinski definition) is 5. The molecule has 3 unspecified atom stereocenters. The molecule has 0 spiro atoms. The van der Waals surface area contributed by atoms with Gasteiger partial charge in [-0.3, -0.25) is 0 Å². The van der Waals surface area contributed by atoms with Crippen LogP contribution in [-0.2, 0) is 14.3 Å². The van der Waals surface area contributed by atoms with Crippen molar-refractivity contribution in [1.29, 1.82) is 0 Å². The zero-order valence-electron chi connectivity index (χ0n) is 14.7. The van der Waals surface area contributed by atoms with Crippen molar-refractivity contribution < 1.29 is 19.4 Å². The van der Waals surface area contributed by atoms with E-state index in [0.717, 1.165) is 18.4 Å². The number of cyclic esters (lactones) is 1. The van der Waals surface area contributed by atoms with Crippen LogP contribution in [0.2, 0.25) is 0 Å². The fraction of sp³-hybridized carbons (Fsp3) is 0.526. The van der Waals surface area contributed by atoms with E-state index in [1.54, 1.807) is 0 Å². The maximum absolute atomic E-state index is 11.8. The standard InChI is InChI=1S/C19H24ClNO4/c1-12(13-7-5-4-6-8-13)21(14-9-10-24-19(2,3)11-14)16-15(20)17(22)25-18(16)23/h4-8,12,14,18,23H,9-11H2,1-3H3. The van der Waals surface area contributed by atoms with Crippen LogP contribution < -0.4 is 0 Å². The van der Waals surface area contributed by atoms with E-state index in [2.05, 4.69) is 0 Å². The normalized spacial score (nSPS) is 27.2. The summed E-state index contributed by atoms with van der Waals surface area (Å²) in [6.45, 7) is 6.76. The van der Waals surface area contributed by atoms with E-state index in [9.17, 15) is 9.90 Å². The molecule has 5 nitrogen and oxygen atoms in total. The smallest absolute Gasteiger partial charge is 0.354 e. The Balaban J connectivity index is 2.01. The zero-order valence-corrected chi connectivity index (χ0v) is 15.5. The van der Waals surface area contributed by atoms with Crippen LogP contribution in [0.4, 0.5) is 0 Å². The SMILES string of the molecule is CC(c1ccccc1)N(C1=C(Cl)C(=O)OC1O)C1CCOC(C)(C)C1. The van der Waals surface area contributed by atoms with Gasteiger partial charge in [-0.05, 0) is 39.2 Å². The first kappa shape index (κ1) is 18.2. The second kappa shape index (κ2) is 6.98. The summed E-state index contributed by atoms with van der Waals surface area (Å²) in [5, 5.41) is 10.3. The predicted molar refractivity (Wildman–Crippen MR) is 94.7 cm³/mol. The summed E-state index contributed by atoms with van der Waals surface area (Å²) in [5.74, 6) is -0.680. The highest BCUT2D eigenvalue weighted by atomic mass is 35.5. The highest BCUT2D eigenvalue weighted by Crippen LogP contribution is 2.39. The summed E-state index contributed by atoms with van der Waals surface area (Å²) >= 11 is 6.21. The number of nitrogens with zero attached hydrogens (tertiary/aromatic N) is 1. The average molecular weight is 366 g/mol. The van der Waals surface area contributed by atoms with E-state index in [1.165, 1.54) is 0 Å². The summed E-state index contributed by atoms with van der Waals surface area (Å²) in [6, 6.07) is 9.96. The summed E-state index contributed by atoms with van der Waals surface area (Å²) in [5.41, 5.74) is 1.15. The molecule has 136 valence electrons. The Labute approximate surface area is 153 Å². The molecule has 0 radical (unpaired) electrons. The molecule has 2 aliphatic rings. The Morgan fingerprint density at radius 3 is 2.56 bits per heavy atom. The van der Waals surface area contributed by atoms with Crippen LogP contribution in [0, 0.1) is 0 Å². The minimum Gasteiger partial charge on any atom is -0.425 e. The number of carbonyl (C=O) groups is 1. The molecule has 0 aromatic heterocycles. The molecule has 1 fully saturated rings. The third-order valence-electron chi connectivity index (χ3n) is 4.90. The fourth-order valence-corrected chi connectivity index (χ4v) is 3.95. The van der Waals surface area contributed by atoms with Gasteiger partial charge >= 0.3 is 5.97 Å². The molecule has 3 rings (SSSR count). The van der Waals surface area contributed by atoms with Crippen LogP contribution in [0.25, 0.3) is 0 Å².